The first kappa shape index (κ1) is 36.6. The predicted molar refractivity (Wildman–Crippen MR) is 145 cm³/mol. The molecule has 3 heterocycles. The number of nitrogens with one attached hydrogen (secondary N) is 1. The van der Waals surface area contributed by atoms with Crippen LogP contribution in [0.2, 0.25) is 0 Å². The van der Waals surface area contributed by atoms with Crippen LogP contribution in [0.25, 0.3) is 0 Å². The number of nitrogens with zero attached hydrogens (tertiary/aromatic N) is 1. The van der Waals surface area contributed by atoms with Crippen molar-refractivity contribution in [3.63, 3.8) is 0 Å². The molecule has 256 valence electrons. The zero-order chi connectivity index (χ0) is 33.7. The van der Waals surface area contributed by atoms with E-state index in [1.54, 1.807) is 27.7 Å². The van der Waals surface area contributed by atoms with E-state index < -0.39 is 99.5 Å². The summed E-state index contributed by atoms with van der Waals surface area (Å²) in [5.41, 5.74) is -5.43. The highest BCUT2D eigenvalue weighted by atomic mass is 31.2. The molecule has 0 radical (unpaired) electrons. The Morgan fingerprint density at radius 3 is 2.02 bits per heavy atom. The van der Waals surface area contributed by atoms with Gasteiger partial charge < -0.3 is 37.9 Å². The maximum Gasteiger partial charge on any atom is 0.510 e. The Balaban J connectivity index is 1.92. The number of aromatic amines is 1. The summed E-state index contributed by atoms with van der Waals surface area (Å²) in [7, 11) is -3.72. The first-order chi connectivity index (χ1) is 21.0. The van der Waals surface area contributed by atoms with Gasteiger partial charge in [-0.1, -0.05) is 0 Å². The minimum atomic E-state index is -4.96. The summed E-state index contributed by atoms with van der Waals surface area (Å²) in [6, 6.07) is 1.03. The van der Waals surface area contributed by atoms with Gasteiger partial charge in [0.2, 0.25) is 12.6 Å². The fourth-order valence-corrected chi connectivity index (χ4v) is 5.83. The van der Waals surface area contributed by atoms with Gasteiger partial charge >= 0.3 is 25.8 Å². The second-order valence-electron chi connectivity index (χ2n) is 10.7. The maximum atomic E-state index is 15.1. The van der Waals surface area contributed by atoms with Crippen molar-refractivity contribution in [2.24, 2.45) is 0 Å². The molecule has 2 unspecified atom stereocenters. The molecule has 0 aromatic carbocycles. The van der Waals surface area contributed by atoms with Gasteiger partial charge in [0, 0.05) is 19.4 Å². The third-order valence-electron chi connectivity index (χ3n) is 6.17. The number of phosphoric acid groups is 1. The minimum absolute atomic E-state index is 0.560. The molecule has 0 spiro atoms. The summed E-state index contributed by atoms with van der Waals surface area (Å²) in [5.74, 6) is 0. The van der Waals surface area contributed by atoms with E-state index in [1.165, 1.54) is 14.0 Å². The van der Waals surface area contributed by atoms with Crippen LogP contribution in [0.1, 0.15) is 54.7 Å². The molecule has 2 fully saturated rings. The summed E-state index contributed by atoms with van der Waals surface area (Å²) in [6.07, 6.45) is -8.47. The molecular weight excluding hydrogens is 634 g/mol. The fourth-order valence-electron chi connectivity index (χ4n) is 4.47. The zero-order valence-corrected chi connectivity index (χ0v) is 26.8. The number of methoxy groups -OCH3 is 1. The van der Waals surface area contributed by atoms with Gasteiger partial charge in [-0.3, -0.25) is 18.9 Å². The lowest BCUT2D eigenvalue weighted by molar-refractivity contribution is -0.282. The van der Waals surface area contributed by atoms with E-state index in [-0.39, 0.29) is 0 Å². The second-order valence-corrected chi connectivity index (χ2v) is 12.2. The monoisotopic (exact) mass is 672 g/mol. The normalized spacial score (nSPS) is 28.7. The number of fused-ring (bicyclic) bond motifs is 1. The molecule has 20 heteroatoms. The number of hydrogen-bond donors (Lipinski definition) is 1. The average molecular weight is 673 g/mol. The fraction of sp³-hybridized carbons (Fsp3) is 0.760. The van der Waals surface area contributed by atoms with Crippen LogP contribution in [0.5, 0.6) is 0 Å². The van der Waals surface area contributed by atoms with Gasteiger partial charge in [0.05, 0.1) is 18.8 Å². The zero-order valence-electron chi connectivity index (χ0n) is 25.9. The number of H-pyrrole nitrogens is 1. The maximum absolute atomic E-state index is 15.1. The van der Waals surface area contributed by atoms with Crippen molar-refractivity contribution in [1.29, 1.82) is 0 Å². The van der Waals surface area contributed by atoms with Gasteiger partial charge in [0.15, 0.2) is 11.8 Å². The van der Waals surface area contributed by atoms with Gasteiger partial charge in [-0.15, -0.1) is 0 Å². The molecule has 3 rings (SSSR count). The number of halogens is 1. The summed E-state index contributed by atoms with van der Waals surface area (Å²) in [6.45, 7) is 6.30. The molecule has 2 saturated heterocycles. The third kappa shape index (κ3) is 8.88. The Bertz CT molecular complexity index is 1320. The van der Waals surface area contributed by atoms with Crippen LogP contribution in [0.3, 0.4) is 0 Å². The van der Waals surface area contributed by atoms with E-state index in [1.807, 2.05) is 0 Å². The van der Waals surface area contributed by atoms with Crippen LogP contribution in [0, 0.1) is 0 Å². The Hall–Kier alpha value is -2.90. The van der Waals surface area contributed by atoms with E-state index in [0.717, 1.165) is 30.7 Å². The summed E-state index contributed by atoms with van der Waals surface area (Å²) < 4.78 is 88.2. The Morgan fingerprint density at radius 2 is 1.56 bits per heavy atom. The first-order valence-corrected chi connectivity index (χ1v) is 15.2. The lowest BCUT2D eigenvalue weighted by Gasteiger charge is -2.32. The van der Waals surface area contributed by atoms with E-state index in [2.05, 4.69) is 4.98 Å². The van der Waals surface area contributed by atoms with Gasteiger partial charge in [-0.05, 0) is 48.5 Å². The molecule has 0 bridgehead atoms. The summed E-state index contributed by atoms with van der Waals surface area (Å²) >= 11 is 0. The number of carbonyl (C=O) groups is 2. The number of aromatic nitrogens is 2. The Kier molecular flexibility index (Phi) is 11.9. The van der Waals surface area contributed by atoms with Gasteiger partial charge in [0.1, 0.15) is 18.4 Å². The van der Waals surface area contributed by atoms with E-state index >= 15 is 4.39 Å². The first-order valence-electron chi connectivity index (χ1n) is 13.7. The van der Waals surface area contributed by atoms with Crippen LogP contribution < -0.4 is 11.2 Å². The van der Waals surface area contributed by atoms with Crippen LogP contribution >= 0.6 is 7.82 Å². The quantitative estimate of drug-likeness (QED) is 0.171. The number of alkyl halides is 1. The van der Waals surface area contributed by atoms with Crippen LogP contribution in [-0.4, -0.2) is 90.8 Å². The number of rotatable bonds is 14. The highest BCUT2D eigenvalue weighted by Crippen LogP contribution is 2.57. The molecule has 0 saturated carbocycles. The Labute approximate surface area is 256 Å². The lowest BCUT2D eigenvalue weighted by Crippen LogP contribution is -2.51. The van der Waals surface area contributed by atoms with Crippen molar-refractivity contribution in [3.8, 4) is 0 Å². The third-order valence-corrected chi connectivity index (χ3v) is 7.72. The van der Waals surface area contributed by atoms with Crippen LogP contribution in [-0.2, 0) is 56.0 Å². The standard InChI is InChI=1S/C25H38FN2O16P/c1-13(2)36-21(31)38-15(5)43-45(33,44-16(6)39-22(32)37-14(3)4)35-12-25(11-26)18-24(7,42-23(34-8)40-18)19(41-25)28-10-9-17(29)27-20(28)30/h9-10,13-16,18-19,23H,11-12H2,1-8H3,(H,27,29,30)/t15?,16?,18-,19-,23-,24+,25+,45?/m0/s1. The molecule has 2 aliphatic rings. The van der Waals surface area contributed by atoms with Crippen LogP contribution in [0.4, 0.5) is 14.0 Å². The van der Waals surface area contributed by atoms with Gasteiger partial charge in [-0.2, -0.15) is 0 Å². The molecule has 1 N–H and O–H groups in total. The average Bonchev–Trinajstić information content (AvgIpc) is 3.36. The molecule has 7 atom stereocenters. The highest BCUT2D eigenvalue weighted by molar-refractivity contribution is 7.48. The molecule has 1 aromatic rings. The molecular formula is C25H38FN2O16P. The molecule has 2 aliphatic heterocycles. The largest absolute Gasteiger partial charge is 0.510 e. The molecule has 45 heavy (non-hydrogen) atoms. The molecule has 18 nitrogen and oxygen atoms in total. The molecule has 1 aromatic heterocycles. The second kappa shape index (κ2) is 14.7. The lowest BCUT2D eigenvalue weighted by atomic mass is 9.88. The topological polar surface area (TPSA) is 208 Å². The van der Waals surface area contributed by atoms with E-state index in [9.17, 15) is 23.7 Å². The van der Waals surface area contributed by atoms with Crippen molar-refractivity contribution in [1.82, 2.24) is 9.55 Å². The Morgan fingerprint density at radius 1 is 1.00 bits per heavy atom. The summed E-state index contributed by atoms with van der Waals surface area (Å²) in [5, 5.41) is 0. The van der Waals surface area contributed by atoms with Crippen molar-refractivity contribution in [2.45, 2.75) is 103 Å². The number of hydrogen-bond acceptors (Lipinski definition) is 16. The van der Waals surface area contributed by atoms with Crippen LogP contribution in [0.15, 0.2) is 21.9 Å². The number of ether oxygens (including phenoxy) is 8. The molecule has 0 aliphatic carbocycles. The summed E-state index contributed by atoms with van der Waals surface area (Å²) in [4.78, 5) is 50.4. The number of phosphoric ester groups is 1. The van der Waals surface area contributed by atoms with Crippen molar-refractivity contribution < 1.29 is 70.0 Å². The highest BCUT2D eigenvalue weighted by Gasteiger charge is 2.70. The number of carbonyl (C=O) groups excluding carboxylic acids is 2. The van der Waals surface area contributed by atoms with Gasteiger partial charge in [0.25, 0.3) is 12.0 Å². The SMILES string of the molecule is CO[C@H]1O[C@@H]2[C@@](CF)(COP(=O)(OC(C)OC(=O)OC(C)C)OC(C)OC(=O)OC(C)C)O[C@H](n3ccc(=O)[nH]c3=O)[C@]2(C)O1. The molecule has 0 amide bonds. The van der Waals surface area contributed by atoms with Gasteiger partial charge in [-0.25, -0.2) is 32.4 Å². The predicted octanol–water partition coefficient (Wildman–Crippen LogP) is 2.85. The van der Waals surface area contributed by atoms with E-state index in [4.69, 9.17) is 51.5 Å². The van der Waals surface area contributed by atoms with Crippen molar-refractivity contribution in [3.05, 3.63) is 33.1 Å². The van der Waals surface area contributed by atoms with Crippen molar-refractivity contribution in [2.75, 3.05) is 20.4 Å². The van der Waals surface area contributed by atoms with Crippen molar-refractivity contribution >= 4 is 20.1 Å². The smallest absolute Gasteiger partial charge is 0.432 e. The van der Waals surface area contributed by atoms with E-state index in [0.29, 0.717) is 0 Å². The minimum Gasteiger partial charge on any atom is -0.432 e.